The highest BCUT2D eigenvalue weighted by molar-refractivity contribution is 5.93. The Bertz CT molecular complexity index is 617. The quantitative estimate of drug-likeness (QED) is 0.869. The average molecular weight is 258 g/mol. The van der Waals surface area contributed by atoms with Crippen LogP contribution in [-0.2, 0) is 0 Å². The summed E-state index contributed by atoms with van der Waals surface area (Å²) in [5.74, 6) is 0.419. The van der Waals surface area contributed by atoms with Gasteiger partial charge in [-0.05, 0) is 37.1 Å². The van der Waals surface area contributed by atoms with Crippen LogP contribution < -0.4 is 16.2 Å². The lowest BCUT2D eigenvalue weighted by atomic mass is 10.1. The van der Waals surface area contributed by atoms with Gasteiger partial charge in [0.15, 0.2) is 0 Å². The molecular formula is C13H14N4O2. The number of carbonyl (C=O) groups excluding carboxylic acids is 1. The van der Waals surface area contributed by atoms with Crippen LogP contribution in [0.5, 0.6) is 11.6 Å². The average Bonchev–Trinajstić information content (AvgIpc) is 2.35. The first-order valence-corrected chi connectivity index (χ1v) is 5.63. The molecule has 1 amide bonds. The summed E-state index contributed by atoms with van der Waals surface area (Å²) >= 11 is 0. The van der Waals surface area contributed by atoms with E-state index in [0.29, 0.717) is 17.0 Å². The third-order valence-corrected chi connectivity index (χ3v) is 2.65. The first-order valence-electron chi connectivity index (χ1n) is 5.63. The van der Waals surface area contributed by atoms with Crippen molar-refractivity contribution < 1.29 is 9.53 Å². The van der Waals surface area contributed by atoms with Gasteiger partial charge < -0.3 is 16.2 Å². The maximum absolute atomic E-state index is 11.2. The molecule has 2 aromatic rings. The Kier molecular flexibility index (Phi) is 3.33. The molecule has 6 nitrogen and oxygen atoms in total. The molecule has 6 heteroatoms. The minimum atomic E-state index is -0.473. The normalized spacial score (nSPS) is 10.2. The number of anilines is 1. The van der Waals surface area contributed by atoms with E-state index in [-0.39, 0.29) is 5.88 Å². The number of amides is 1. The minimum absolute atomic E-state index is 0.285. The van der Waals surface area contributed by atoms with Crippen molar-refractivity contribution >= 4 is 11.6 Å². The Labute approximate surface area is 110 Å². The van der Waals surface area contributed by atoms with Crippen LogP contribution in [0.1, 0.15) is 21.5 Å². The van der Waals surface area contributed by atoms with E-state index in [0.717, 1.165) is 11.1 Å². The van der Waals surface area contributed by atoms with Gasteiger partial charge in [0.25, 0.3) is 0 Å². The zero-order chi connectivity index (χ0) is 14.0. The smallest absolute Gasteiger partial charge is 0.248 e. The standard InChI is InChI=1S/C13H14N4O2/c1-7-3-9(12(15)18)4-8(2)11(7)19-13-10(14)5-16-6-17-13/h3-6H,14H2,1-2H3,(H2,15,18). The van der Waals surface area contributed by atoms with E-state index in [4.69, 9.17) is 16.2 Å². The number of aromatic nitrogens is 2. The molecule has 2 rings (SSSR count). The third kappa shape index (κ3) is 2.62. The molecule has 0 aliphatic rings. The molecule has 0 spiro atoms. The molecule has 0 saturated heterocycles. The van der Waals surface area contributed by atoms with E-state index in [9.17, 15) is 4.79 Å². The number of aryl methyl sites for hydroxylation is 2. The van der Waals surface area contributed by atoms with Crippen LogP contribution in [0, 0.1) is 13.8 Å². The Hall–Kier alpha value is -2.63. The van der Waals surface area contributed by atoms with Gasteiger partial charge in [-0.15, -0.1) is 0 Å². The summed E-state index contributed by atoms with van der Waals surface area (Å²) in [6, 6.07) is 3.34. The molecule has 4 N–H and O–H groups in total. The molecule has 0 radical (unpaired) electrons. The third-order valence-electron chi connectivity index (χ3n) is 2.65. The summed E-state index contributed by atoms with van der Waals surface area (Å²) in [6.45, 7) is 3.65. The van der Waals surface area contributed by atoms with E-state index >= 15 is 0 Å². The van der Waals surface area contributed by atoms with Gasteiger partial charge >= 0.3 is 0 Å². The Morgan fingerprint density at radius 1 is 1.26 bits per heavy atom. The lowest BCUT2D eigenvalue weighted by Crippen LogP contribution is -2.11. The number of nitrogen functional groups attached to an aromatic ring is 1. The van der Waals surface area contributed by atoms with Crippen LogP contribution >= 0.6 is 0 Å². The fraction of sp³-hybridized carbons (Fsp3) is 0.154. The molecule has 1 aromatic carbocycles. The van der Waals surface area contributed by atoms with Crippen molar-refractivity contribution in [1.82, 2.24) is 9.97 Å². The van der Waals surface area contributed by atoms with Gasteiger partial charge in [0.1, 0.15) is 17.8 Å². The molecule has 1 heterocycles. The fourth-order valence-electron chi connectivity index (χ4n) is 1.76. The minimum Gasteiger partial charge on any atom is -0.436 e. The highest BCUT2D eigenvalue weighted by atomic mass is 16.5. The lowest BCUT2D eigenvalue weighted by molar-refractivity contribution is 0.1000. The number of carbonyl (C=O) groups is 1. The fourth-order valence-corrected chi connectivity index (χ4v) is 1.76. The summed E-state index contributed by atoms with van der Waals surface area (Å²) in [5.41, 5.74) is 13.3. The highest BCUT2D eigenvalue weighted by Crippen LogP contribution is 2.30. The molecule has 0 aliphatic carbocycles. The topological polar surface area (TPSA) is 104 Å². The molecule has 0 saturated carbocycles. The first kappa shape index (κ1) is 12.8. The van der Waals surface area contributed by atoms with Crippen molar-refractivity contribution in [3.63, 3.8) is 0 Å². The summed E-state index contributed by atoms with van der Waals surface area (Å²) < 4.78 is 5.68. The Morgan fingerprint density at radius 2 is 1.89 bits per heavy atom. The zero-order valence-corrected chi connectivity index (χ0v) is 10.7. The van der Waals surface area contributed by atoms with Crippen LogP contribution in [0.3, 0.4) is 0 Å². The van der Waals surface area contributed by atoms with Gasteiger partial charge in [0, 0.05) is 5.56 Å². The molecule has 1 aromatic heterocycles. The summed E-state index contributed by atoms with van der Waals surface area (Å²) in [5, 5.41) is 0. The van der Waals surface area contributed by atoms with Gasteiger partial charge in [-0.2, -0.15) is 4.98 Å². The number of nitrogens with zero attached hydrogens (tertiary/aromatic N) is 2. The highest BCUT2D eigenvalue weighted by Gasteiger charge is 2.12. The van der Waals surface area contributed by atoms with Crippen LogP contribution in [0.2, 0.25) is 0 Å². The number of hydrogen-bond donors (Lipinski definition) is 2. The Morgan fingerprint density at radius 3 is 2.42 bits per heavy atom. The van der Waals surface area contributed by atoms with Gasteiger partial charge in [-0.25, -0.2) is 4.98 Å². The summed E-state index contributed by atoms with van der Waals surface area (Å²) in [7, 11) is 0. The van der Waals surface area contributed by atoms with Crippen molar-refractivity contribution in [2.24, 2.45) is 5.73 Å². The van der Waals surface area contributed by atoms with Crippen LogP contribution in [0.15, 0.2) is 24.7 Å². The predicted octanol–water partition coefficient (Wildman–Crippen LogP) is 1.57. The number of rotatable bonds is 3. The predicted molar refractivity (Wildman–Crippen MR) is 71.0 cm³/mol. The van der Waals surface area contributed by atoms with E-state index in [1.807, 2.05) is 13.8 Å². The second-order valence-electron chi connectivity index (χ2n) is 4.19. The SMILES string of the molecule is Cc1cc(C(N)=O)cc(C)c1Oc1ncncc1N. The number of nitrogens with two attached hydrogens (primary N) is 2. The van der Waals surface area contributed by atoms with Crippen LogP contribution in [0.25, 0.3) is 0 Å². The van der Waals surface area contributed by atoms with Crippen molar-refractivity contribution in [1.29, 1.82) is 0 Å². The molecular weight excluding hydrogens is 244 g/mol. The van der Waals surface area contributed by atoms with Gasteiger partial charge in [-0.1, -0.05) is 0 Å². The molecule has 0 unspecified atom stereocenters. The second kappa shape index (κ2) is 4.93. The van der Waals surface area contributed by atoms with E-state index in [2.05, 4.69) is 9.97 Å². The van der Waals surface area contributed by atoms with Crippen molar-refractivity contribution in [2.75, 3.05) is 5.73 Å². The number of benzene rings is 1. The zero-order valence-electron chi connectivity index (χ0n) is 10.7. The first-order chi connectivity index (χ1) is 8.99. The number of ether oxygens (including phenoxy) is 1. The van der Waals surface area contributed by atoms with Crippen molar-refractivity contribution in [2.45, 2.75) is 13.8 Å². The van der Waals surface area contributed by atoms with Gasteiger partial charge in [0.05, 0.1) is 6.20 Å². The molecule has 19 heavy (non-hydrogen) atoms. The number of hydrogen-bond acceptors (Lipinski definition) is 5. The van der Waals surface area contributed by atoms with Crippen LogP contribution in [0.4, 0.5) is 5.69 Å². The van der Waals surface area contributed by atoms with Gasteiger partial charge in [0.2, 0.25) is 11.8 Å². The Balaban J connectivity index is 2.42. The molecule has 0 atom stereocenters. The summed E-state index contributed by atoms with van der Waals surface area (Å²) in [4.78, 5) is 18.9. The van der Waals surface area contributed by atoms with Crippen molar-refractivity contribution in [3.8, 4) is 11.6 Å². The van der Waals surface area contributed by atoms with Crippen LogP contribution in [-0.4, -0.2) is 15.9 Å². The van der Waals surface area contributed by atoms with E-state index in [1.165, 1.54) is 12.5 Å². The molecule has 0 bridgehead atoms. The largest absolute Gasteiger partial charge is 0.436 e. The maximum Gasteiger partial charge on any atom is 0.248 e. The molecule has 0 aliphatic heterocycles. The summed E-state index contributed by atoms with van der Waals surface area (Å²) in [6.07, 6.45) is 2.82. The van der Waals surface area contributed by atoms with Gasteiger partial charge in [-0.3, -0.25) is 4.79 Å². The number of primary amides is 1. The second-order valence-corrected chi connectivity index (χ2v) is 4.19. The van der Waals surface area contributed by atoms with Crippen molar-refractivity contribution in [3.05, 3.63) is 41.3 Å². The molecule has 0 fully saturated rings. The monoisotopic (exact) mass is 258 g/mol. The molecule has 98 valence electrons. The van der Waals surface area contributed by atoms with E-state index < -0.39 is 5.91 Å². The van der Waals surface area contributed by atoms with E-state index in [1.54, 1.807) is 12.1 Å². The maximum atomic E-state index is 11.2. The lowest BCUT2D eigenvalue weighted by Gasteiger charge is -2.13.